The zero-order valence-corrected chi connectivity index (χ0v) is 12.5. The average molecular weight is 317 g/mol. The number of aromatic nitrogens is 1. The number of esters is 1. The molecule has 1 unspecified atom stereocenters. The van der Waals surface area contributed by atoms with Crippen LogP contribution in [0.15, 0.2) is 12.1 Å². The van der Waals surface area contributed by atoms with E-state index in [9.17, 15) is 23.3 Å². The monoisotopic (exact) mass is 317 g/mol. The molecular formula is C11H15N3O6S. The van der Waals surface area contributed by atoms with E-state index in [4.69, 9.17) is 0 Å². The summed E-state index contributed by atoms with van der Waals surface area (Å²) in [6.45, 7) is 1.54. The number of nitrogens with one attached hydrogen (secondary N) is 1. The van der Waals surface area contributed by atoms with Gasteiger partial charge in [0.15, 0.2) is 5.69 Å². The number of methoxy groups -OCH3 is 1. The van der Waals surface area contributed by atoms with Crippen molar-refractivity contribution >= 4 is 27.3 Å². The van der Waals surface area contributed by atoms with Gasteiger partial charge in [0, 0.05) is 18.4 Å². The van der Waals surface area contributed by atoms with Gasteiger partial charge in [-0.2, -0.15) is 0 Å². The summed E-state index contributed by atoms with van der Waals surface area (Å²) in [4.78, 5) is 25.4. The van der Waals surface area contributed by atoms with Crippen LogP contribution in [0.4, 0.5) is 11.5 Å². The molecule has 1 rings (SSSR count). The number of rotatable bonds is 6. The largest absolute Gasteiger partial charge is 0.464 e. The van der Waals surface area contributed by atoms with Gasteiger partial charge >= 0.3 is 11.7 Å². The zero-order chi connectivity index (χ0) is 16.2. The fraction of sp³-hybridized carbons (Fsp3) is 0.455. The molecule has 1 heterocycles. The van der Waals surface area contributed by atoms with Crippen LogP contribution in [0.2, 0.25) is 0 Å². The molecule has 0 aliphatic carbocycles. The molecule has 1 N–H and O–H groups in total. The first-order chi connectivity index (χ1) is 9.64. The Morgan fingerprint density at radius 3 is 2.62 bits per heavy atom. The lowest BCUT2D eigenvalue weighted by Gasteiger charge is -2.13. The molecular weight excluding hydrogens is 302 g/mol. The number of nitrogens with zero attached hydrogens (tertiary/aromatic N) is 2. The molecule has 0 spiro atoms. The highest BCUT2D eigenvalue weighted by atomic mass is 32.2. The Kier molecular flexibility index (Phi) is 5.19. The second-order valence-electron chi connectivity index (χ2n) is 4.45. The molecule has 1 atom stereocenters. The molecule has 9 nitrogen and oxygen atoms in total. The maximum absolute atomic E-state index is 11.4. The van der Waals surface area contributed by atoms with Crippen LogP contribution in [0.25, 0.3) is 0 Å². The summed E-state index contributed by atoms with van der Waals surface area (Å²) < 4.78 is 26.9. The Morgan fingerprint density at radius 2 is 2.14 bits per heavy atom. The summed E-state index contributed by atoms with van der Waals surface area (Å²) >= 11 is 0. The smallest absolute Gasteiger partial charge is 0.356 e. The number of pyridine rings is 1. The molecule has 10 heteroatoms. The highest BCUT2D eigenvalue weighted by Crippen LogP contribution is 2.23. The molecule has 0 bridgehead atoms. The minimum atomic E-state index is -3.26. The van der Waals surface area contributed by atoms with Crippen molar-refractivity contribution in [2.24, 2.45) is 0 Å². The van der Waals surface area contributed by atoms with Crippen LogP contribution in [0.3, 0.4) is 0 Å². The van der Waals surface area contributed by atoms with Crippen molar-refractivity contribution in [2.45, 2.75) is 13.0 Å². The SMILES string of the molecule is COC(=O)c1ccc([N+](=O)[O-])c(NC(C)CS(C)(=O)=O)n1. The molecule has 21 heavy (non-hydrogen) atoms. The second-order valence-corrected chi connectivity index (χ2v) is 6.64. The first-order valence-corrected chi connectivity index (χ1v) is 7.88. The number of hydrogen-bond donors (Lipinski definition) is 1. The second kappa shape index (κ2) is 6.48. The normalized spacial score (nSPS) is 12.5. The molecule has 0 aliphatic rings. The fourth-order valence-corrected chi connectivity index (χ4v) is 2.64. The fourth-order valence-electron chi connectivity index (χ4n) is 1.65. The first kappa shape index (κ1) is 16.8. The summed E-state index contributed by atoms with van der Waals surface area (Å²) in [7, 11) is -2.10. The molecule has 116 valence electrons. The van der Waals surface area contributed by atoms with Crippen LogP contribution in [0.5, 0.6) is 0 Å². The highest BCUT2D eigenvalue weighted by molar-refractivity contribution is 7.90. The number of hydrogen-bond acceptors (Lipinski definition) is 8. The Morgan fingerprint density at radius 1 is 1.52 bits per heavy atom. The van der Waals surface area contributed by atoms with Gasteiger partial charge in [-0.15, -0.1) is 0 Å². The van der Waals surface area contributed by atoms with Crippen LogP contribution in [-0.2, 0) is 14.6 Å². The van der Waals surface area contributed by atoms with E-state index in [-0.39, 0.29) is 23.0 Å². The number of carbonyl (C=O) groups excluding carboxylic acids is 1. The minimum absolute atomic E-state index is 0.114. The van der Waals surface area contributed by atoms with Gasteiger partial charge in [-0.1, -0.05) is 0 Å². The first-order valence-electron chi connectivity index (χ1n) is 5.82. The molecule has 0 saturated heterocycles. The van der Waals surface area contributed by atoms with Gasteiger partial charge in [0.1, 0.15) is 9.84 Å². The maximum atomic E-state index is 11.4. The van der Waals surface area contributed by atoms with Crippen molar-refractivity contribution in [1.29, 1.82) is 0 Å². The summed E-state index contributed by atoms with van der Waals surface area (Å²) in [5.74, 6) is -1.16. The van der Waals surface area contributed by atoms with Gasteiger partial charge in [0.05, 0.1) is 17.8 Å². The van der Waals surface area contributed by atoms with Crippen molar-refractivity contribution in [1.82, 2.24) is 4.98 Å². The molecule has 0 saturated carbocycles. The van der Waals surface area contributed by atoms with Crippen LogP contribution >= 0.6 is 0 Å². The van der Waals surface area contributed by atoms with Gasteiger partial charge < -0.3 is 10.1 Å². The van der Waals surface area contributed by atoms with Crippen LogP contribution < -0.4 is 5.32 Å². The summed E-state index contributed by atoms with van der Waals surface area (Å²) in [5.41, 5.74) is -0.472. The molecule has 0 aromatic carbocycles. The van der Waals surface area contributed by atoms with Crippen molar-refractivity contribution in [3.63, 3.8) is 0 Å². The quantitative estimate of drug-likeness (QED) is 0.459. The molecule has 0 amide bonds. The lowest BCUT2D eigenvalue weighted by molar-refractivity contribution is -0.384. The van der Waals surface area contributed by atoms with E-state index in [1.807, 2.05) is 0 Å². The van der Waals surface area contributed by atoms with E-state index in [0.717, 1.165) is 25.5 Å². The third-order valence-corrected chi connectivity index (χ3v) is 3.51. The molecule has 1 aromatic rings. The third kappa shape index (κ3) is 4.99. The van der Waals surface area contributed by atoms with E-state index >= 15 is 0 Å². The molecule has 0 fully saturated rings. The number of anilines is 1. The predicted octanol–water partition coefficient (Wildman–Crippen LogP) is 0.621. The number of carbonyl (C=O) groups is 1. The van der Waals surface area contributed by atoms with Crippen molar-refractivity contribution < 1.29 is 22.9 Å². The van der Waals surface area contributed by atoms with E-state index < -0.39 is 26.8 Å². The Balaban J connectivity index is 3.12. The van der Waals surface area contributed by atoms with Crippen molar-refractivity contribution in [2.75, 3.05) is 24.4 Å². The standard InChI is InChI=1S/C11H15N3O6S/c1-7(6-21(3,18)19)12-10-9(14(16)17)5-4-8(13-10)11(15)20-2/h4-5,7H,6H2,1-3H3,(H,12,13). The zero-order valence-electron chi connectivity index (χ0n) is 11.7. The number of sulfone groups is 1. The van der Waals surface area contributed by atoms with Crippen LogP contribution in [0, 0.1) is 10.1 Å². The van der Waals surface area contributed by atoms with Crippen molar-refractivity contribution in [3.8, 4) is 0 Å². The highest BCUT2D eigenvalue weighted by Gasteiger charge is 2.21. The summed E-state index contributed by atoms with van der Waals surface area (Å²) in [6.07, 6.45) is 1.05. The van der Waals surface area contributed by atoms with Gasteiger partial charge in [0.2, 0.25) is 5.82 Å². The van der Waals surface area contributed by atoms with Gasteiger partial charge in [-0.25, -0.2) is 18.2 Å². The Hall–Kier alpha value is -2.23. The van der Waals surface area contributed by atoms with Gasteiger partial charge in [-0.05, 0) is 13.0 Å². The maximum Gasteiger partial charge on any atom is 0.356 e. The lowest BCUT2D eigenvalue weighted by Crippen LogP contribution is -2.26. The van der Waals surface area contributed by atoms with E-state index in [1.165, 1.54) is 6.92 Å². The topological polar surface area (TPSA) is 128 Å². The van der Waals surface area contributed by atoms with Gasteiger partial charge in [0.25, 0.3) is 0 Å². The molecule has 1 aromatic heterocycles. The van der Waals surface area contributed by atoms with Crippen LogP contribution in [0.1, 0.15) is 17.4 Å². The third-order valence-electron chi connectivity index (χ3n) is 2.40. The van der Waals surface area contributed by atoms with E-state index in [1.54, 1.807) is 0 Å². The number of nitro groups is 1. The van der Waals surface area contributed by atoms with Crippen LogP contribution in [-0.4, -0.2) is 49.5 Å². The number of ether oxygens (including phenoxy) is 1. The van der Waals surface area contributed by atoms with E-state index in [0.29, 0.717) is 0 Å². The van der Waals surface area contributed by atoms with Gasteiger partial charge in [-0.3, -0.25) is 10.1 Å². The molecule has 0 radical (unpaired) electrons. The van der Waals surface area contributed by atoms with Crippen molar-refractivity contribution in [3.05, 3.63) is 27.9 Å². The molecule has 0 aliphatic heterocycles. The average Bonchev–Trinajstić information content (AvgIpc) is 2.34. The summed E-state index contributed by atoms with van der Waals surface area (Å²) in [5, 5.41) is 13.6. The predicted molar refractivity (Wildman–Crippen MR) is 75.0 cm³/mol. The Bertz CT molecular complexity index is 658. The lowest BCUT2D eigenvalue weighted by atomic mass is 10.3. The summed E-state index contributed by atoms with van der Waals surface area (Å²) in [6, 6.07) is 1.66. The van der Waals surface area contributed by atoms with E-state index in [2.05, 4.69) is 15.0 Å². The minimum Gasteiger partial charge on any atom is -0.464 e. The Labute approximate surface area is 121 Å².